The molecule has 0 N–H and O–H groups in total. The largest absolute Gasteiger partial charge is 0.256 e. The first-order chi connectivity index (χ1) is 16.9. The minimum atomic E-state index is 0.997. The van der Waals surface area contributed by atoms with Gasteiger partial charge in [-0.05, 0) is 44.6 Å². The number of pyridine rings is 2. The monoisotopic (exact) mass is 432 g/mol. The van der Waals surface area contributed by atoms with Crippen LogP contribution < -0.4 is 0 Å². The summed E-state index contributed by atoms with van der Waals surface area (Å²) in [6, 6.07) is 38.5. The Kier molecular flexibility index (Phi) is 4.18. The van der Waals surface area contributed by atoms with Crippen LogP contribution in [0.25, 0.3) is 65.6 Å². The molecule has 0 spiro atoms. The molecule has 0 unspecified atom stereocenters. The fourth-order valence-corrected chi connectivity index (χ4v) is 5.29. The topological polar surface area (TPSA) is 25.8 Å². The Hall–Kier alpha value is -4.56. The van der Waals surface area contributed by atoms with Crippen molar-refractivity contribution in [2.45, 2.75) is 0 Å². The molecule has 0 amide bonds. The summed E-state index contributed by atoms with van der Waals surface area (Å²) in [5.74, 6) is 0. The van der Waals surface area contributed by atoms with Gasteiger partial charge in [0, 0.05) is 34.3 Å². The molecule has 0 bridgehead atoms. The maximum Gasteiger partial charge on any atom is 0.0793 e. The van der Waals surface area contributed by atoms with Crippen LogP contribution in [-0.4, -0.2) is 9.97 Å². The highest BCUT2D eigenvalue weighted by Gasteiger charge is 2.20. The van der Waals surface area contributed by atoms with E-state index in [-0.39, 0.29) is 0 Å². The summed E-state index contributed by atoms with van der Waals surface area (Å²) >= 11 is 0. The van der Waals surface area contributed by atoms with E-state index in [0.717, 1.165) is 27.5 Å². The maximum absolute atomic E-state index is 4.95. The molecule has 2 heterocycles. The minimum absolute atomic E-state index is 0.997. The number of nitrogens with zero attached hydrogens (tertiary/aromatic N) is 2. The summed E-state index contributed by atoms with van der Waals surface area (Å²) < 4.78 is 0. The summed E-state index contributed by atoms with van der Waals surface area (Å²) in [5.41, 5.74) is 5.51. The van der Waals surface area contributed by atoms with Crippen molar-refractivity contribution in [2.24, 2.45) is 0 Å². The average molecular weight is 433 g/mol. The normalized spacial score (nSPS) is 11.5. The lowest BCUT2D eigenvalue weighted by molar-refractivity contribution is 1.36. The van der Waals surface area contributed by atoms with Crippen LogP contribution in [0.1, 0.15) is 0 Å². The van der Waals surface area contributed by atoms with Gasteiger partial charge in [-0.2, -0.15) is 0 Å². The molecule has 0 aliphatic rings. The zero-order valence-corrected chi connectivity index (χ0v) is 18.4. The van der Waals surface area contributed by atoms with E-state index in [1.165, 1.54) is 38.1 Å². The Morgan fingerprint density at radius 3 is 1.82 bits per heavy atom. The highest BCUT2D eigenvalue weighted by Crippen LogP contribution is 2.45. The van der Waals surface area contributed by atoms with Gasteiger partial charge in [0.1, 0.15) is 0 Å². The molecule has 7 rings (SSSR count). The highest BCUT2D eigenvalue weighted by atomic mass is 14.7. The molecular formula is C32H20N2. The Labute approximate surface area is 197 Å². The molecule has 158 valence electrons. The van der Waals surface area contributed by atoms with Gasteiger partial charge in [0.25, 0.3) is 0 Å². The van der Waals surface area contributed by atoms with E-state index < -0.39 is 0 Å². The first-order valence-corrected chi connectivity index (χ1v) is 11.5. The fourth-order valence-electron chi connectivity index (χ4n) is 5.29. The molecule has 2 heteroatoms. The second kappa shape index (κ2) is 7.50. The Morgan fingerprint density at radius 1 is 0.382 bits per heavy atom. The molecule has 0 saturated carbocycles. The van der Waals surface area contributed by atoms with E-state index >= 15 is 0 Å². The predicted octanol–water partition coefficient (Wildman–Crippen LogP) is 8.42. The lowest BCUT2D eigenvalue weighted by Gasteiger charge is -2.18. The third kappa shape index (κ3) is 2.76. The van der Waals surface area contributed by atoms with E-state index in [2.05, 4.69) is 103 Å². The molecule has 0 fully saturated rings. The van der Waals surface area contributed by atoms with E-state index in [4.69, 9.17) is 9.97 Å². The molecule has 0 aliphatic carbocycles. The van der Waals surface area contributed by atoms with Crippen molar-refractivity contribution >= 4 is 43.2 Å². The van der Waals surface area contributed by atoms with Crippen molar-refractivity contribution in [3.63, 3.8) is 0 Å². The second-order valence-corrected chi connectivity index (χ2v) is 8.60. The molecule has 0 aliphatic heterocycles. The molecular weight excluding hydrogens is 412 g/mol. The van der Waals surface area contributed by atoms with Crippen LogP contribution in [0.15, 0.2) is 122 Å². The summed E-state index contributed by atoms with van der Waals surface area (Å²) in [7, 11) is 0. The second-order valence-electron chi connectivity index (χ2n) is 8.60. The van der Waals surface area contributed by atoms with Crippen LogP contribution in [0.3, 0.4) is 0 Å². The summed E-state index contributed by atoms with van der Waals surface area (Å²) in [4.78, 5) is 9.85. The molecule has 5 aromatic carbocycles. The van der Waals surface area contributed by atoms with E-state index in [1.54, 1.807) is 0 Å². The minimum Gasteiger partial charge on any atom is -0.256 e. The zero-order valence-electron chi connectivity index (χ0n) is 18.4. The SMILES string of the molecule is c1ccc2c(-c3c4ccccc4c(-c4nccc5ccccc45)c4cccnc34)cccc2c1. The van der Waals surface area contributed by atoms with Crippen LogP contribution >= 0.6 is 0 Å². The third-order valence-electron chi connectivity index (χ3n) is 6.75. The van der Waals surface area contributed by atoms with Crippen molar-refractivity contribution in [1.82, 2.24) is 9.97 Å². The summed E-state index contributed by atoms with van der Waals surface area (Å²) in [6.45, 7) is 0. The van der Waals surface area contributed by atoms with Crippen LogP contribution in [0.2, 0.25) is 0 Å². The quantitative estimate of drug-likeness (QED) is 0.256. The van der Waals surface area contributed by atoms with Crippen molar-refractivity contribution in [3.8, 4) is 22.4 Å². The Balaban J connectivity index is 1.70. The average Bonchev–Trinajstić information content (AvgIpc) is 2.91. The van der Waals surface area contributed by atoms with Gasteiger partial charge < -0.3 is 0 Å². The van der Waals surface area contributed by atoms with Gasteiger partial charge in [0.15, 0.2) is 0 Å². The molecule has 2 nitrogen and oxygen atoms in total. The van der Waals surface area contributed by atoms with Gasteiger partial charge in [-0.15, -0.1) is 0 Å². The molecule has 0 saturated heterocycles. The van der Waals surface area contributed by atoms with Crippen molar-refractivity contribution < 1.29 is 0 Å². The van der Waals surface area contributed by atoms with Crippen LogP contribution in [-0.2, 0) is 0 Å². The van der Waals surface area contributed by atoms with E-state index in [1.807, 2.05) is 18.5 Å². The summed E-state index contributed by atoms with van der Waals surface area (Å²) in [6.07, 6.45) is 3.80. The van der Waals surface area contributed by atoms with Crippen LogP contribution in [0.4, 0.5) is 0 Å². The number of hydrogen-bond donors (Lipinski definition) is 0. The smallest absolute Gasteiger partial charge is 0.0793 e. The molecule has 34 heavy (non-hydrogen) atoms. The number of fused-ring (bicyclic) bond motifs is 4. The lowest BCUT2D eigenvalue weighted by atomic mass is 9.87. The molecule has 0 radical (unpaired) electrons. The standard InChI is InChI=1S/C32H20N2/c1-3-12-23-21(9-1)11-7-16-25(23)29-26-14-5-6-15-27(26)30(28-17-8-19-33-32(28)29)31-24-13-4-2-10-22(24)18-20-34-31/h1-20H. The summed E-state index contributed by atoms with van der Waals surface area (Å²) in [5, 5.41) is 8.30. The number of benzene rings is 5. The van der Waals surface area contributed by atoms with Crippen LogP contribution in [0.5, 0.6) is 0 Å². The number of aromatic nitrogens is 2. The van der Waals surface area contributed by atoms with Crippen molar-refractivity contribution in [3.05, 3.63) is 122 Å². The molecule has 2 aromatic heterocycles. The predicted molar refractivity (Wildman–Crippen MR) is 143 cm³/mol. The fraction of sp³-hybridized carbons (Fsp3) is 0. The van der Waals surface area contributed by atoms with E-state index in [0.29, 0.717) is 0 Å². The molecule has 7 aromatic rings. The van der Waals surface area contributed by atoms with Crippen LogP contribution in [0, 0.1) is 0 Å². The first-order valence-electron chi connectivity index (χ1n) is 11.5. The van der Waals surface area contributed by atoms with Gasteiger partial charge >= 0.3 is 0 Å². The van der Waals surface area contributed by atoms with Crippen molar-refractivity contribution in [1.29, 1.82) is 0 Å². The zero-order chi connectivity index (χ0) is 22.5. The Bertz CT molecular complexity index is 1660. The van der Waals surface area contributed by atoms with Crippen molar-refractivity contribution in [2.75, 3.05) is 0 Å². The van der Waals surface area contributed by atoms with Gasteiger partial charge in [0.05, 0.1) is 11.2 Å². The Morgan fingerprint density at radius 2 is 1.00 bits per heavy atom. The number of rotatable bonds is 2. The molecule has 0 atom stereocenters. The van der Waals surface area contributed by atoms with Gasteiger partial charge in [-0.3, -0.25) is 9.97 Å². The lowest BCUT2D eigenvalue weighted by Crippen LogP contribution is -1.95. The first kappa shape index (κ1) is 19.0. The number of hydrogen-bond acceptors (Lipinski definition) is 2. The van der Waals surface area contributed by atoms with Gasteiger partial charge in [-0.1, -0.05) is 97.1 Å². The maximum atomic E-state index is 4.95. The van der Waals surface area contributed by atoms with Gasteiger partial charge in [-0.25, -0.2) is 0 Å². The van der Waals surface area contributed by atoms with E-state index in [9.17, 15) is 0 Å². The van der Waals surface area contributed by atoms with Gasteiger partial charge in [0.2, 0.25) is 0 Å². The highest BCUT2D eigenvalue weighted by molar-refractivity contribution is 6.23. The third-order valence-corrected chi connectivity index (χ3v) is 6.75.